The Morgan fingerprint density at radius 3 is 2.00 bits per heavy atom. The van der Waals surface area contributed by atoms with Gasteiger partial charge in [-0.15, -0.1) is 0 Å². The van der Waals surface area contributed by atoms with Gasteiger partial charge in [0.25, 0.3) is 17.7 Å². The fourth-order valence-corrected chi connectivity index (χ4v) is 4.63. The van der Waals surface area contributed by atoms with Crippen LogP contribution in [0.4, 0.5) is 5.69 Å². The van der Waals surface area contributed by atoms with Crippen LogP contribution in [0.1, 0.15) is 38.8 Å². The molecule has 1 aliphatic rings. The first kappa shape index (κ1) is 25.8. The lowest BCUT2D eigenvalue weighted by Crippen LogP contribution is -2.44. The van der Waals surface area contributed by atoms with E-state index in [0.29, 0.717) is 10.6 Å². The number of carbonyl (C=O) groups is 4. The molecule has 7 nitrogen and oxygen atoms in total. The smallest absolute Gasteiger partial charge is 0.329 e. The van der Waals surface area contributed by atoms with Crippen molar-refractivity contribution in [1.29, 1.82) is 0 Å². The van der Waals surface area contributed by atoms with Gasteiger partial charge in [0.05, 0.1) is 31.2 Å². The van der Waals surface area contributed by atoms with E-state index in [9.17, 15) is 19.2 Å². The molecule has 12 heteroatoms. The molecule has 0 aromatic heterocycles. The molecule has 33 heavy (non-hydrogen) atoms. The average molecular weight is 597 g/mol. The number of imide groups is 1. The van der Waals surface area contributed by atoms with Crippen molar-refractivity contribution in [3.05, 3.63) is 58.9 Å². The Hall–Kier alpha value is -1.84. The van der Waals surface area contributed by atoms with Crippen LogP contribution >= 0.6 is 62.3 Å². The van der Waals surface area contributed by atoms with E-state index >= 15 is 0 Å². The molecule has 1 heterocycles. The average Bonchev–Trinajstić information content (AvgIpc) is 3.04. The zero-order chi connectivity index (χ0) is 24.8. The molecule has 0 spiro atoms. The van der Waals surface area contributed by atoms with Crippen molar-refractivity contribution < 1.29 is 23.9 Å². The number of ether oxygens (including phenoxy) is 1. The molecule has 1 aliphatic heterocycles. The molecule has 0 aliphatic carbocycles. The van der Waals surface area contributed by atoms with Crippen LogP contribution in [0.15, 0.2) is 16.6 Å². The summed E-state index contributed by atoms with van der Waals surface area (Å²) in [7, 11) is 0. The molecule has 0 saturated carbocycles. The van der Waals surface area contributed by atoms with Crippen LogP contribution < -0.4 is 5.32 Å². The molecule has 1 atom stereocenters. The van der Waals surface area contributed by atoms with Gasteiger partial charge < -0.3 is 10.1 Å². The Labute approximate surface area is 217 Å². The minimum absolute atomic E-state index is 0.185. The maximum Gasteiger partial charge on any atom is 0.329 e. The van der Waals surface area contributed by atoms with Gasteiger partial charge in [-0.25, -0.2) is 4.79 Å². The number of hydrogen-bond acceptors (Lipinski definition) is 5. The van der Waals surface area contributed by atoms with E-state index in [0.717, 1.165) is 15.6 Å². The number of nitrogens with zero attached hydrogens (tertiary/aromatic N) is 1. The van der Waals surface area contributed by atoms with E-state index in [-0.39, 0.29) is 31.2 Å². The first-order valence-electron chi connectivity index (χ1n) is 9.34. The van der Waals surface area contributed by atoms with Crippen LogP contribution in [-0.4, -0.2) is 41.2 Å². The summed E-state index contributed by atoms with van der Waals surface area (Å²) in [5, 5.41) is 1.79. The molecule has 0 saturated heterocycles. The van der Waals surface area contributed by atoms with Crippen LogP contribution in [0.3, 0.4) is 0 Å². The second-order valence-corrected chi connectivity index (χ2v) is 9.53. The highest BCUT2D eigenvalue weighted by Gasteiger charge is 2.45. The predicted octanol–water partition coefficient (Wildman–Crippen LogP) is 5.85. The summed E-state index contributed by atoms with van der Waals surface area (Å²) in [5.41, 5.74) is 1.85. The monoisotopic (exact) mass is 594 g/mol. The lowest BCUT2D eigenvalue weighted by atomic mass is 10.1. The van der Waals surface area contributed by atoms with E-state index in [2.05, 4.69) is 21.2 Å². The summed E-state index contributed by atoms with van der Waals surface area (Å²) in [4.78, 5) is 51.1. The number of nitrogens with one attached hydrogen (secondary N) is 1. The Morgan fingerprint density at radius 1 is 0.970 bits per heavy atom. The van der Waals surface area contributed by atoms with Crippen molar-refractivity contribution in [2.45, 2.75) is 26.8 Å². The number of amides is 3. The molecule has 3 rings (SSSR count). The highest BCUT2D eigenvalue weighted by molar-refractivity contribution is 9.10. The van der Waals surface area contributed by atoms with Crippen LogP contribution in [0.2, 0.25) is 20.1 Å². The molecule has 2 aromatic rings. The number of esters is 1. The van der Waals surface area contributed by atoms with Gasteiger partial charge in [0, 0.05) is 10.2 Å². The summed E-state index contributed by atoms with van der Waals surface area (Å²) in [5.74, 6) is -3.33. The number of halogens is 5. The standard InChI is InChI=1S/C21H15BrCl4N2O5/c1-7-8(2)11(5-4-10(7)22)27-12(29)6-33-21(32)9(3)28-19(30)13-14(20(28)31)16(24)18(26)17(25)15(13)23/h4-5,9H,6H2,1-3H3,(H,27,29)/t9-/m0/s1. The largest absolute Gasteiger partial charge is 0.454 e. The minimum Gasteiger partial charge on any atom is -0.454 e. The highest BCUT2D eigenvalue weighted by atomic mass is 79.9. The third kappa shape index (κ3) is 4.59. The fourth-order valence-electron chi connectivity index (χ4n) is 3.19. The molecule has 0 bridgehead atoms. The number of benzene rings is 2. The lowest BCUT2D eigenvalue weighted by molar-refractivity contribution is -0.150. The molecule has 0 fully saturated rings. The second-order valence-electron chi connectivity index (χ2n) is 7.16. The molecule has 3 amide bonds. The van der Waals surface area contributed by atoms with Gasteiger partial charge in [-0.3, -0.25) is 19.3 Å². The fraction of sp³-hybridized carbons (Fsp3) is 0.238. The molecule has 0 radical (unpaired) electrons. The maximum absolute atomic E-state index is 12.8. The van der Waals surface area contributed by atoms with E-state index in [1.54, 1.807) is 12.1 Å². The van der Waals surface area contributed by atoms with Crippen LogP contribution in [-0.2, 0) is 14.3 Å². The van der Waals surface area contributed by atoms with E-state index in [4.69, 9.17) is 51.1 Å². The first-order valence-corrected chi connectivity index (χ1v) is 11.6. The summed E-state index contributed by atoms with van der Waals surface area (Å²) in [6.45, 7) is 4.37. The first-order chi connectivity index (χ1) is 15.4. The summed E-state index contributed by atoms with van der Waals surface area (Å²) in [6.07, 6.45) is 0. The Bertz CT molecular complexity index is 1190. The zero-order valence-electron chi connectivity index (χ0n) is 17.3. The number of hydrogen-bond donors (Lipinski definition) is 1. The lowest BCUT2D eigenvalue weighted by Gasteiger charge is -2.21. The third-order valence-electron chi connectivity index (χ3n) is 5.20. The van der Waals surface area contributed by atoms with Crippen LogP contribution in [0.5, 0.6) is 0 Å². The van der Waals surface area contributed by atoms with Gasteiger partial charge in [-0.2, -0.15) is 0 Å². The maximum atomic E-state index is 12.8. The summed E-state index contributed by atoms with van der Waals surface area (Å²) >= 11 is 27.6. The molecule has 1 N–H and O–H groups in total. The van der Waals surface area contributed by atoms with Crippen LogP contribution in [0, 0.1) is 13.8 Å². The third-order valence-corrected chi connectivity index (χ3v) is 7.86. The highest BCUT2D eigenvalue weighted by Crippen LogP contribution is 2.45. The van der Waals surface area contributed by atoms with Crippen molar-refractivity contribution in [2.24, 2.45) is 0 Å². The van der Waals surface area contributed by atoms with Crippen molar-refractivity contribution in [1.82, 2.24) is 4.90 Å². The van der Waals surface area contributed by atoms with Crippen molar-refractivity contribution >= 4 is 91.7 Å². The van der Waals surface area contributed by atoms with Gasteiger partial charge in [0.1, 0.15) is 6.04 Å². The molecule has 2 aromatic carbocycles. The van der Waals surface area contributed by atoms with Gasteiger partial charge in [-0.1, -0.05) is 62.3 Å². The SMILES string of the molecule is Cc1c(Br)ccc(NC(=O)COC(=O)[C@H](C)N2C(=O)c3c(Cl)c(Cl)c(Cl)c(Cl)c3C2=O)c1C. The van der Waals surface area contributed by atoms with Crippen molar-refractivity contribution in [3.8, 4) is 0 Å². The minimum atomic E-state index is -1.37. The molecular formula is C21H15BrCl4N2O5. The van der Waals surface area contributed by atoms with E-state index < -0.39 is 36.3 Å². The van der Waals surface area contributed by atoms with Gasteiger partial charge >= 0.3 is 5.97 Å². The zero-order valence-corrected chi connectivity index (χ0v) is 21.9. The van der Waals surface area contributed by atoms with Gasteiger partial charge in [-0.05, 0) is 44.0 Å². The Kier molecular flexibility index (Phi) is 7.65. The number of anilines is 1. The molecule has 174 valence electrons. The Balaban J connectivity index is 1.72. The normalized spacial score (nSPS) is 13.8. The van der Waals surface area contributed by atoms with E-state index in [1.165, 1.54) is 6.92 Å². The Morgan fingerprint density at radius 2 is 1.48 bits per heavy atom. The molecule has 0 unspecified atom stereocenters. The topological polar surface area (TPSA) is 92.8 Å². The molecular weight excluding hydrogens is 582 g/mol. The van der Waals surface area contributed by atoms with Gasteiger partial charge in [0.15, 0.2) is 6.61 Å². The number of rotatable bonds is 5. The second kappa shape index (κ2) is 9.80. The van der Waals surface area contributed by atoms with E-state index in [1.807, 2.05) is 13.8 Å². The van der Waals surface area contributed by atoms with Gasteiger partial charge in [0.2, 0.25) is 0 Å². The quantitative estimate of drug-likeness (QED) is 0.202. The number of fused-ring (bicyclic) bond motifs is 1. The predicted molar refractivity (Wildman–Crippen MR) is 130 cm³/mol. The summed E-state index contributed by atoms with van der Waals surface area (Å²) < 4.78 is 5.91. The van der Waals surface area contributed by atoms with Crippen LogP contribution in [0.25, 0.3) is 0 Å². The summed E-state index contributed by atoms with van der Waals surface area (Å²) in [6, 6.07) is 2.12. The van der Waals surface area contributed by atoms with Crippen molar-refractivity contribution in [2.75, 3.05) is 11.9 Å². The number of carbonyl (C=O) groups excluding carboxylic acids is 4. The van der Waals surface area contributed by atoms with Crippen molar-refractivity contribution in [3.63, 3.8) is 0 Å².